The molecule has 2 rings (SSSR count). The summed E-state index contributed by atoms with van der Waals surface area (Å²) in [7, 11) is 0. The van der Waals surface area contributed by atoms with Crippen LogP contribution >= 0.6 is 11.3 Å². The van der Waals surface area contributed by atoms with Gasteiger partial charge in [0.1, 0.15) is 0 Å². The Hall–Kier alpha value is -0.610. The van der Waals surface area contributed by atoms with Gasteiger partial charge in [-0.15, -0.1) is 0 Å². The number of hydrogen-bond donors (Lipinski definition) is 1. The molecular formula is C15H26N2OS. The van der Waals surface area contributed by atoms with Crippen molar-refractivity contribution in [2.45, 2.75) is 78.0 Å². The molecule has 1 fully saturated rings. The molecule has 0 bridgehead atoms. The van der Waals surface area contributed by atoms with E-state index in [2.05, 4.69) is 32.6 Å². The van der Waals surface area contributed by atoms with Crippen LogP contribution in [0.25, 0.3) is 0 Å². The summed E-state index contributed by atoms with van der Waals surface area (Å²) < 4.78 is 0. The monoisotopic (exact) mass is 282 g/mol. The van der Waals surface area contributed by atoms with Crippen LogP contribution in [0.3, 0.4) is 0 Å². The molecule has 0 aromatic carbocycles. The van der Waals surface area contributed by atoms with E-state index < -0.39 is 0 Å². The average molecular weight is 282 g/mol. The highest BCUT2D eigenvalue weighted by atomic mass is 32.1. The molecule has 4 heteroatoms. The van der Waals surface area contributed by atoms with Crippen LogP contribution in [0.1, 0.15) is 69.9 Å². The van der Waals surface area contributed by atoms with Gasteiger partial charge in [-0.3, -0.25) is 0 Å². The summed E-state index contributed by atoms with van der Waals surface area (Å²) in [6, 6.07) is 1.20. The molecule has 1 aliphatic rings. The van der Waals surface area contributed by atoms with Crippen LogP contribution in [0.5, 0.6) is 0 Å². The molecule has 1 aromatic heterocycles. The summed E-state index contributed by atoms with van der Waals surface area (Å²) in [5, 5.41) is 10.7. The second-order valence-corrected chi connectivity index (χ2v) is 6.73. The van der Waals surface area contributed by atoms with Crippen molar-refractivity contribution in [3.05, 3.63) is 10.6 Å². The maximum Gasteiger partial charge on any atom is 0.186 e. The van der Waals surface area contributed by atoms with Gasteiger partial charge in [0.05, 0.1) is 17.2 Å². The molecular weight excluding hydrogens is 256 g/mol. The minimum absolute atomic E-state index is 0.121. The van der Waals surface area contributed by atoms with E-state index in [1.54, 1.807) is 11.3 Å². The number of hydrogen-bond acceptors (Lipinski definition) is 4. The van der Waals surface area contributed by atoms with Crippen molar-refractivity contribution in [3.8, 4) is 0 Å². The Kier molecular flexibility index (Phi) is 4.85. The maximum absolute atomic E-state index is 9.56. The van der Waals surface area contributed by atoms with Crippen LogP contribution in [0, 0.1) is 0 Å². The van der Waals surface area contributed by atoms with Gasteiger partial charge in [0.25, 0.3) is 0 Å². The molecule has 3 unspecified atom stereocenters. The average Bonchev–Trinajstić information content (AvgIpc) is 3.00. The van der Waals surface area contributed by atoms with E-state index in [4.69, 9.17) is 4.98 Å². The van der Waals surface area contributed by atoms with E-state index in [9.17, 15) is 5.11 Å². The highest BCUT2D eigenvalue weighted by Crippen LogP contribution is 2.38. The lowest BCUT2D eigenvalue weighted by Crippen LogP contribution is -2.33. The van der Waals surface area contributed by atoms with E-state index >= 15 is 0 Å². The van der Waals surface area contributed by atoms with Crippen molar-refractivity contribution >= 4 is 16.5 Å². The Bertz CT molecular complexity index is 418. The summed E-state index contributed by atoms with van der Waals surface area (Å²) in [6.07, 6.45) is 4.77. The summed E-state index contributed by atoms with van der Waals surface area (Å²) in [4.78, 5) is 8.40. The first kappa shape index (κ1) is 14.8. The zero-order chi connectivity index (χ0) is 14.0. The van der Waals surface area contributed by atoms with Gasteiger partial charge >= 0.3 is 0 Å². The van der Waals surface area contributed by atoms with Crippen molar-refractivity contribution in [2.75, 3.05) is 4.90 Å². The number of nitrogens with zero attached hydrogens (tertiary/aromatic N) is 2. The quantitative estimate of drug-likeness (QED) is 0.889. The number of aliphatic hydroxyl groups excluding tert-OH is 1. The number of aromatic nitrogens is 1. The summed E-state index contributed by atoms with van der Waals surface area (Å²) >= 11 is 1.69. The predicted molar refractivity (Wildman–Crippen MR) is 82.0 cm³/mol. The SMILES string of the molecule is CCC(C)c1nc(N2C(C)CCC2CC)sc1CO. The third-order valence-electron chi connectivity index (χ3n) is 4.42. The minimum Gasteiger partial charge on any atom is -0.391 e. The van der Waals surface area contributed by atoms with Crippen molar-refractivity contribution in [3.63, 3.8) is 0 Å². The highest BCUT2D eigenvalue weighted by Gasteiger charge is 2.32. The van der Waals surface area contributed by atoms with Gasteiger partial charge in [-0.2, -0.15) is 0 Å². The number of anilines is 1. The van der Waals surface area contributed by atoms with Crippen molar-refractivity contribution in [2.24, 2.45) is 0 Å². The van der Waals surface area contributed by atoms with Gasteiger partial charge < -0.3 is 10.0 Å². The van der Waals surface area contributed by atoms with Gasteiger partial charge in [0.15, 0.2) is 5.13 Å². The molecule has 1 aromatic rings. The molecule has 0 amide bonds. The number of aliphatic hydroxyl groups is 1. The smallest absolute Gasteiger partial charge is 0.186 e. The Morgan fingerprint density at radius 3 is 2.74 bits per heavy atom. The molecule has 0 spiro atoms. The van der Waals surface area contributed by atoms with Crippen molar-refractivity contribution in [1.82, 2.24) is 4.98 Å². The van der Waals surface area contributed by atoms with Crippen molar-refractivity contribution < 1.29 is 5.11 Å². The topological polar surface area (TPSA) is 36.4 Å². The molecule has 3 nitrogen and oxygen atoms in total. The van der Waals surface area contributed by atoms with Gasteiger partial charge in [-0.25, -0.2) is 4.98 Å². The lowest BCUT2D eigenvalue weighted by atomic mass is 10.0. The van der Waals surface area contributed by atoms with Crippen LogP contribution < -0.4 is 4.90 Å². The maximum atomic E-state index is 9.56. The first-order valence-electron chi connectivity index (χ1n) is 7.51. The largest absolute Gasteiger partial charge is 0.391 e. The molecule has 2 heterocycles. The predicted octanol–water partition coefficient (Wildman–Crippen LogP) is 3.92. The molecule has 19 heavy (non-hydrogen) atoms. The molecule has 108 valence electrons. The Morgan fingerprint density at radius 2 is 2.16 bits per heavy atom. The normalized spacial score (nSPS) is 25.0. The zero-order valence-electron chi connectivity index (χ0n) is 12.5. The molecule has 1 aliphatic heterocycles. The molecule has 1 N–H and O–H groups in total. The Balaban J connectivity index is 2.32. The second kappa shape index (κ2) is 6.23. The first-order chi connectivity index (χ1) is 9.12. The lowest BCUT2D eigenvalue weighted by molar-refractivity contribution is 0.283. The third-order valence-corrected chi connectivity index (χ3v) is 5.49. The summed E-state index contributed by atoms with van der Waals surface area (Å²) in [5.41, 5.74) is 1.11. The minimum atomic E-state index is 0.121. The van der Waals surface area contributed by atoms with Crippen LogP contribution in [0.15, 0.2) is 0 Å². The lowest BCUT2D eigenvalue weighted by Gasteiger charge is -2.27. The Morgan fingerprint density at radius 1 is 1.42 bits per heavy atom. The second-order valence-electron chi connectivity index (χ2n) is 5.67. The third kappa shape index (κ3) is 2.79. The summed E-state index contributed by atoms with van der Waals surface area (Å²) in [5.74, 6) is 0.435. The number of rotatable bonds is 5. The van der Waals surface area contributed by atoms with E-state index in [-0.39, 0.29) is 6.61 Å². The highest BCUT2D eigenvalue weighted by molar-refractivity contribution is 7.15. The molecule has 3 atom stereocenters. The van der Waals surface area contributed by atoms with Gasteiger partial charge in [0, 0.05) is 12.1 Å². The van der Waals surface area contributed by atoms with Crippen LogP contribution in [-0.4, -0.2) is 22.2 Å². The molecule has 0 radical (unpaired) electrons. The molecule has 1 saturated heterocycles. The van der Waals surface area contributed by atoms with Crippen LogP contribution in [0.4, 0.5) is 5.13 Å². The first-order valence-corrected chi connectivity index (χ1v) is 8.32. The fourth-order valence-electron chi connectivity index (χ4n) is 2.97. The van der Waals surface area contributed by atoms with Gasteiger partial charge in [0.2, 0.25) is 0 Å². The van der Waals surface area contributed by atoms with Crippen LogP contribution in [-0.2, 0) is 6.61 Å². The fraction of sp³-hybridized carbons (Fsp3) is 0.800. The summed E-state index contributed by atoms with van der Waals surface area (Å²) in [6.45, 7) is 9.04. The Labute approximate surface area is 120 Å². The number of thiazole rings is 1. The van der Waals surface area contributed by atoms with E-state index in [1.165, 1.54) is 19.3 Å². The fourth-order valence-corrected chi connectivity index (χ4v) is 4.18. The van der Waals surface area contributed by atoms with Crippen molar-refractivity contribution in [1.29, 1.82) is 0 Å². The van der Waals surface area contributed by atoms with E-state index in [1.807, 2.05) is 0 Å². The molecule has 0 aliphatic carbocycles. The van der Waals surface area contributed by atoms with Crippen LogP contribution in [0.2, 0.25) is 0 Å². The van der Waals surface area contributed by atoms with Gasteiger partial charge in [-0.1, -0.05) is 32.1 Å². The zero-order valence-corrected chi connectivity index (χ0v) is 13.3. The van der Waals surface area contributed by atoms with E-state index in [0.717, 1.165) is 22.1 Å². The van der Waals surface area contributed by atoms with Gasteiger partial charge in [-0.05, 0) is 38.5 Å². The standard InChI is InChI=1S/C15H26N2OS/c1-5-10(3)14-13(9-18)19-15(16-14)17-11(4)7-8-12(17)6-2/h10-12,18H,5-9H2,1-4H3. The molecule has 0 saturated carbocycles. The van der Waals surface area contributed by atoms with E-state index in [0.29, 0.717) is 18.0 Å².